The van der Waals surface area contributed by atoms with Crippen molar-refractivity contribution in [1.29, 1.82) is 0 Å². The van der Waals surface area contributed by atoms with Crippen molar-refractivity contribution < 1.29 is 13.6 Å². The highest BCUT2D eigenvalue weighted by Gasteiger charge is 2.28. The van der Waals surface area contributed by atoms with E-state index < -0.39 is 11.6 Å². The van der Waals surface area contributed by atoms with E-state index in [1.807, 2.05) is 18.2 Å². The first-order chi connectivity index (χ1) is 10.1. The minimum Gasteiger partial charge on any atom is -0.294 e. The quantitative estimate of drug-likeness (QED) is 0.754. The van der Waals surface area contributed by atoms with E-state index in [4.69, 9.17) is 0 Å². The normalized spacial score (nSPS) is 17.4. The molecule has 0 saturated heterocycles. The number of rotatable bonds is 2. The monoisotopic (exact) mass is 286 g/mol. The topological polar surface area (TPSA) is 17.1 Å². The van der Waals surface area contributed by atoms with Crippen LogP contribution in [0.1, 0.15) is 33.5 Å². The summed E-state index contributed by atoms with van der Waals surface area (Å²) in [5.41, 5.74) is 2.48. The zero-order valence-electron chi connectivity index (χ0n) is 11.8. The molecule has 2 aromatic carbocycles. The first kappa shape index (κ1) is 13.9. The van der Waals surface area contributed by atoms with Gasteiger partial charge < -0.3 is 0 Å². The average Bonchev–Trinajstić information content (AvgIpc) is 2.52. The van der Waals surface area contributed by atoms with E-state index in [1.54, 1.807) is 0 Å². The van der Waals surface area contributed by atoms with Crippen LogP contribution >= 0.6 is 0 Å². The molecule has 1 aliphatic rings. The van der Waals surface area contributed by atoms with E-state index in [1.165, 1.54) is 24.6 Å². The Labute approximate surface area is 122 Å². The van der Waals surface area contributed by atoms with Crippen molar-refractivity contribution in [2.75, 3.05) is 0 Å². The van der Waals surface area contributed by atoms with Gasteiger partial charge in [0.25, 0.3) is 0 Å². The zero-order chi connectivity index (χ0) is 15.0. The van der Waals surface area contributed by atoms with Gasteiger partial charge in [0.1, 0.15) is 0 Å². The second-order valence-corrected chi connectivity index (χ2v) is 5.63. The molecule has 1 nitrogen and oxygen atoms in total. The lowest BCUT2D eigenvalue weighted by molar-refractivity contribution is 0.0903. The smallest absolute Gasteiger partial charge is 0.169 e. The van der Waals surface area contributed by atoms with Crippen LogP contribution in [0, 0.1) is 24.5 Å². The van der Waals surface area contributed by atoms with Gasteiger partial charge in [-0.15, -0.1) is 0 Å². The molecule has 1 aliphatic carbocycles. The van der Waals surface area contributed by atoms with Crippen molar-refractivity contribution in [1.82, 2.24) is 0 Å². The van der Waals surface area contributed by atoms with Crippen molar-refractivity contribution in [3.05, 3.63) is 70.3 Å². The highest BCUT2D eigenvalue weighted by atomic mass is 19.2. The molecule has 2 aromatic rings. The molecule has 0 bridgehead atoms. The number of Topliss-reactive ketones (excluding diaryl/α,β-unsaturated/α-hetero) is 1. The third-order valence-corrected chi connectivity index (χ3v) is 4.26. The third kappa shape index (κ3) is 2.48. The van der Waals surface area contributed by atoms with Crippen LogP contribution in [0.4, 0.5) is 8.78 Å². The van der Waals surface area contributed by atoms with E-state index in [0.29, 0.717) is 12.8 Å². The molecule has 0 N–H and O–H groups in total. The molecule has 1 unspecified atom stereocenters. The van der Waals surface area contributed by atoms with Gasteiger partial charge in [-0.3, -0.25) is 4.79 Å². The fourth-order valence-corrected chi connectivity index (χ4v) is 2.98. The van der Waals surface area contributed by atoms with Crippen molar-refractivity contribution >= 4 is 5.78 Å². The van der Waals surface area contributed by atoms with Crippen LogP contribution < -0.4 is 0 Å². The average molecular weight is 286 g/mol. The molecule has 108 valence electrons. The number of halogens is 2. The maximum Gasteiger partial charge on any atom is 0.169 e. The molecule has 0 spiro atoms. The van der Waals surface area contributed by atoms with Gasteiger partial charge >= 0.3 is 0 Å². The van der Waals surface area contributed by atoms with E-state index in [9.17, 15) is 13.6 Å². The van der Waals surface area contributed by atoms with Crippen LogP contribution in [-0.2, 0) is 12.8 Å². The van der Waals surface area contributed by atoms with Crippen molar-refractivity contribution in [3.63, 3.8) is 0 Å². The predicted molar refractivity (Wildman–Crippen MR) is 77.4 cm³/mol. The molecule has 0 radical (unpaired) electrons. The molecule has 3 heteroatoms. The number of carbonyl (C=O) groups is 1. The fraction of sp³-hybridized carbons (Fsp3) is 0.278. The fourth-order valence-electron chi connectivity index (χ4n) is 2.98. The Hall–Kier alpha value is -2.03. The van der Waals surface area contributed by atoms with E-state index in [2.05, 4.69) is 6.07 Å². The van der Waals surface area contributed by atoms with E-state index in [0.717, 1.165) is 12.0 Å². The number of aryl methyl sites for hydroxylation is 2. The van der Waals surface area contributed by atoms with Gasteiger partial charge in [0, 0.05) is 5.92 Å². The molecule has 0 fully saturated rings. The summed E-state index contributed by atoms with van der Waals surface area (Å²) in [4.78, 5) is 12.5. The van der Waals surface area contributed by atoms with Gasteiger partial charge in [0.2, 0.25) is 0 Å². The maximum atomic E-state index is 14.0. The van der Waals surface area contributed by atoms with Gasteiger partial charge in [0.05, 0.1) is 5.56 Å². The van der Waals surface area contributed by atoms with Crippen LogP contribution in [0.3, 0.4) is 0 Å². The molecule has 0 aliphatic heterocycles. The van der Waals surface area contributed by atoms with Crippen LogP contribution in [0.15, 0.2) is 36.4 Å². The Morgan fingerprint density at radius 2 is 1.76 bits per heavy atom. The lowest BCUT2D eigenvalue weighted by Gasteiger charge is -2.23. The van der Waals surface area contributed by atoms with Crippen molar-refractivity contribution in [2.24, 2.45) is 5.92 Å². The summed E-state index contributed by atoms with van der Waals surface area (Å²) in [6.45, 7) is 1.49. The highest BCUT2D eigenvalue weighted by Crippen LogP contribution is 2.29. The van der Waals surface area contributed by atoms with Crippen LogP contribution in [-0.4, -0.2) is 5.78 Å². The van der Waals surface area contributed by atoms with Gasteiger partial charge in [-0.25, -0.2) is 8.78 Å². The molecule has 1 atom stereocenters. The molecular formula is C18H16F2O. The molecular weight excluding hydrogens is 270 g/mol. The lowest BCUT2D eigenvalue weighted by Crippen LogP contribution is -2.24. The number of ketones is 1. The summed E-state index contributed by atoms with van der Waals surface area (Å²) in [5, 5.41) is 0. The largest absolute Gasteiger partial charge is 0.294 e. The Kier molecular flexibility index (Phi) is 3.58. The Morgan fingerprint density at radius 1 is 1.05 bits per heavy atom. The summed E-state index contributed by atoms with van der Waals surface area (Å²) in [5.74, 6) is -2.49. The maximum absolute atomic E-state index is 14.0. The van der Waals surface area contributed by atoms with Crippen molar-refractivity contribution in [2.45, 2.75) is 26.2 Å². The number of benzene rings is 2. The van der Waals surface area contributed by atoms with Crippen LogP contribution in [0.2, 0.25) is 0 Å². The number of hydrogen-bond acceptors (Lipinski definition) is 1. The minimum atomic E-state index is -1.01. The van der Waals surface area contributed by atoms with Gasteiger partial charge in [0.15, 0.2) is 17.4 Å². The SMILES string of the molecule is Cc1ccc(C(=O)C2CCc3ccccc3C2)c(F)c1F. The Balaban J connectivity index is 1.89. The second-order valence-electron chi connectivity index (χ2n) is 5.63. The summed E-state index contributed by atoms with van der Waals surface area (Å²) < 4.78 is 27.6. The first-order valence-electron chi connectivity index (χ1n) is 7.13. The molecule has 0 aromatic heterocycles. The van der Waals surface area contributed by atoms with Gasteiger partial charge in [-0.05, 0) is 48.9 Å². The van der Waals surface area contributed by atoms with Gasteiger partial charge in [-0.1, -0.05) is 30.3 Å². The molecule has 21 heavy (non-hydrogen) atoms. The summed E-state index contributed by atoms with van der Waals surface area (Å²) in [6.07, 6.45) is 2.09. The lowest BCUT2D eigenvalue weighted by atomic mass is 9.80. The van der Waals surface area contributed by atoms with Crippen LogP contribution in [0.5, 0.6) is 0 Å². The third-order valence-electron chi connectivity index (χ3n) is 4.26. The molecule has 0 heterocycles. The Morgan fingerprint density at radius 3 is 2.52 bits per heavy atom. The summed E-state index contributed by atoms with van der Waals surface area (Å²) in [6, 6.07) is 10.8. The number of fused-ring (bicyclic) bond motifs is 1. The van der Waals surface area contributed by atoms with E-state index in [-0.39, 0.29) is 22.8 Å². The highest BCUT2D eigenvalue weighted by molar-refractivity contribution is 5.98. The van der Waals surface area contributed by atoms with E-state index >= 15 is 0 Å². The van der Waals surface area contributed by atoms with Crippen molar-refractivity contribution in [3.8, 4) is 0 Å². The molecule has 0 saturated carbocycles. The minimum absolute atomic E-state index is 0.123. The first-order valence-corrected chi connectivity index (χ1v) is 7.13. The summed E-state index contributed by atoms with van der Waals surface area (Å²) in [7, 11) is 0. The Bertz CT molecular complexity index is 706. The number of hydrogen-bond donors (Lipinski definition) is 0. The van der Waals surface area contributed by atoms with Gasteiger partial charge in [-0.2, -0.15) is 0 Å². The second kappa shape index (κ2) is 5.40. The van der Waals surface area contributed by atoms with Crippen LogP contribution in [0.25, 0.3) is 0 Å². The molecule has 0 amide bonds. The summed E-state index contributed by atoms with van der Waals surface area (Å²) >= 11 is 0. The number of carbonyl (C=O) groups excluding carboxylic acids is 1. The standard InChI is InChI=1S/C18H16F2O/c1-11-6-9-15(17(20)16(11)19)18(21)14-8-7-12-4-2-3-5-13(12)10-14/h2-6,9,14H,7-8,10H2,1H3. The predicted octanol–water partition coefficient (Wildman–Crippen LogP) is 4.26. The molecule has 3 rings (SSSR count). The zero-order valence-corrected chi connectivity index (χ0v) is 11.8.